The predicted octanol–water partition coefficient (Wildman–Crippen LogP) is 1.60. The lowest BCUT2D eigenvalue weighted by molar-refractivity contribution is -0.137. The number of esters is 1. The van der Waals surface area contributed by atoms with Gasteiger partial charge in [-0.15, -0.1) is 0 Å². The largest absolute Gasteiger partial charge is 0.463 e. The van der Waals surface area contributed by atoms with Crippen LogP contribution in [0.15, 0.2) is 23.3 Å². The summed E-state index contributed by atoms with van der Waals surface area (Å²) in [4.78, 5) is 34.4. The number of ketones is 2. The van der Waals surface area contributed by atoms with E-state index >= 15 is 0 Å². The van der Waals surface area contributed by atoms with Crippen LogP contribution in [0.4, 0.5) is 0 Å². The summed E-state index contributed by atoms with van der Waals surface area (Å²) >= 11 is 0. The van der Waals surface area contributed by atoms with Crippen LogP contribution in [0.1, 0.15) is 27.7 Å². The number of ether oxygens (including phenoxy) is 1. The molecule has 4 nitrogen and oxygen atoms in total. The maximum atomic E-state index is 11.7. The summed E-state index contributed by atoms with van der Waals surface area (Å²) in [6.45, 7) is 6.95. The van der Waals surface area contributed by atoms with E-state index in [-0.39, 0.29) is 0 Å². The van der Waals surface area contributed by atoms with Crippen LogP contribution in [0, 0.1) is 5.41 Å². The van der Waals surface area contributed by atoms with Gasteiger partial charge in [0.1, 0.15) is 0 Å². The molecule has 1 aliphatic rings. The summed E-state index contributed by atoms with van der Waals surface area (Å²) in [5.74, 6) is -1.38. The van der Waals surface area contributed by atoms with Crippen molar-refractivity contribution < 1.29 is 19.1 Å². The van der Waals surface area contributed by atoms with Gasteiger partial charge in [0.25, 0.3) is 0 Å². The third-order valence-corrected chi connectivity index (χ3v) is 2.86. The van der Waals surface area contributed by atoms with E-state index in [1.54, 1.807) is 27.7 Å². The minimum absolute atomic E-state index is 0.294. The Hall–Kier alpha value is -1.71. The first-order valence-corrected chi connectivity index (χ1v) is 5.47. The Balaban J connectivity index is 3.01. The number of hydrogen-bond acceptors (Lipinski definition) is 4. The van der Waals surface area contributed by atoms with E-state index < -0.39 is 23.0 Å². The fourth-order valence-corrected chi connectivity index (χ4v) is 1.84. The third kappa shape index (κ3) is 2.35. The summed E-state index contributed by atoms with van der Waals surface area (Å²) in [6.07, 6.45) is 2.74. The number of carbonyl (C=O) groups excluding carboxylic acids is 3. The van der Waals surface area contributed by atoms with Gasteiger partial charge in [-0.3, -0.25) is 9.59 Å². The number of rotatable bonds is 3. The van der Waals surface area contributed by atoms with E-state index in [0.29, 0.717) is 17.8 Å². The number of allylic oxidation sites excluding steroid dienone is 3. The highest BCUT2D eigenvalue weighted by molar-refractivity contribution is 6.48. The average molecular weight is 236 g/mol. The van der Waals surface area contributed by atoms with Crippen molar-refractivity contribution >= 4 is 17.5 Å². The molecule has 0 unspecified atom stereocenters. The molecule has 17 heavy (non-hydrogen) atoms. The van der Waals surface area contributed by atoms with Gasteiger partial charge in [-0.2, -0.15) is 0 Å². The normalized spacial score (nSPS) is 19.3. The van der Waals surface area contributed by atoms with Crippen LogP contribution in [-0.4, -0.2) is 24.1 Å². The molecule has 0 saturated heterocycles. The molecule has 0 radical (unpaired) electrons. The van der Waals surface area contributed by atoms with E-state index in [2.05, 4.69) is 0 Å². The molecular formula is C13H16O4. The van der Waals surface area contributed by atoms with Crippen LogP contribution in [0.2, 0.25) is 0 Å². The number of Topliss-reactive ketones (excluding diaryl/α,β-unsaturated/α-hetero) is 2. The molecule has 1 aliphatic carbocycles. The van der Waals surface area contributed by atoms with E-state index in [4.69, 9.17) is 4.74 Å². The highest BCUT2D eigenvalue weighted by Crippen LogP contribution is 2.38. The van der Waals surface area contributed by atoms with Crippen LogP contribution in [-0.2, 0) is 19.1 Å². The summed E-state index contributed by atoms with van der Waals surface area (Å²) in [5, 5.41) is 0. The fourth-order valence-electron chi connectivity index (χ4n) is 1.84. The van der Waals surface area contributed by atoms with Crippen molar-refractivity contribution in [3.63, 3.8) is 0 Å². The van der Waals surface area contributed by atoms with E-state index in [0.717, 1.165) is 0 Å². The maximum Gasteiger partial charge on any atom is 0.330 e. The lowest BCUT2D eigenvalue weighted by atomic mass is 9.84. The monoisotopic (exact) mass is 236 g/mol. The topological polar surface area (TPSA) is 60.4 Å². The first-order valence-electron chi connectivity index (χ1n) is 5.47. The van der Waals surface area contributed by atoms with Crippen molar-refractivity contribution in [3.05, 3.63) is 23.3 Å². The quantitative estimate of drug-likeness (QED) is 0.424. The van der Waals surface area contributed by atoms with E-state index in [9.17, 15) is 14.4 Å². The van der Waals surface area contributed by atoms with Gasteiger partial charge in [-0.1, -0.05) is 6.08 Å². The molecule has 0 amide bonds. The van der Waals surface area contributed by atoms with E-state index in [1.807, 2.05) is 0 Å². The standard InChI is InChI=1S/C13H16O4/c1-5-17-10(14)7-6-9-8(2)11(15)12(16)13(9,3)4/h6-7H,5H2,1-4H3/b7-6+. The van der Waals surface area contributed by atoms with Crippen LogP contribution in [0.3, 0.4) is 0 Å². The van der Waals surface area contributed by atoms with Crippen molar-refractivity contribution in [2.75, 3.05) is 6.61 Å². The number of carbonyl (C=O) groups is 3. The van der Waals surface area contributed by atoms with Gasteiger partial charge in [-0.05, 0) is 33.3 Å². The van der Waals surface area contributed by atoms with Crippen LogP contribution in [0.5, 0.6) is 0 Å². The molecule has 0 aliphatic heterocycles. The SMILES string of the molecule is CCOC(=O)/C=C/C1=C(C)C(=O)C(=O)C1(C)C. The van der Waals surface area contributed by atoms with Crippen LogP contribution < -0.4 is 0 Å². The molecule has 0 aromatic heterocycles. The zero-order valence-electron chi connectivity index (χ0n) is 10.5. The highest BCUT2D eigenvalue weighted by atomic mass is 16.5. The lowest BCUT2D eigenvalue weighted by Gasteiger charge is -2.16. The second kappa shape index (κ2) is 4.65. The molecule has 0 spiro atoms. The first-order chi connectivity index (χ1) is 7.82. The van der Waals surface area contributed by atoms with Crippen molar-refractivity contribution in [1.29, 1.82) is 0 Å². The van der Waals surface area contributed by atoms with Gasteiger partial charge in [0.2, 0.25) is 11.6 Å². The minimum Gasteiger partial charge on any atom is -0.463 e. The summed E-state index contributed by atoms with van der Waals surface area (Å²) in [6, 6.07) is 0. The molecule has 0 heterocycles. The zero-order chi connectivity index (χ0) is 13.2. The fraction of sp³-hybridized carbons (Fsp3) is 0.462. The Morgan fingerprint density at radius 3 is 2.35 bits per heavy atom. The van der Waals surface area contributed by atoms with Gasteiger partial charge in [0.15, 0.2) is 0 Å². The molecule has 0 atom stereocenters. The van der Waals surface area contributed by atoms with Crippen molar-refractivity contribution in [1.82, 2.24) is 0 Å². The minimum atomic E-state index is -0.857. The third-order valence-electron chi connectivity index (χ3n) is 2.86. The molecular weight excluding hydrogens is 220 g/mol. The molecule has 0 saturated carbocycles. The molecule has 0 aromatic rings. The molecule has 0 N–H and O–H groups in total. The van der Waals surface area contributed by atoms with Gasteiger partial charge in [0, 0.05) is 11.6 Å². The van der Waals surface area contributed by atoms with Crippen molar-refractivity contribution in [2.24, 2.45) is 5.41 Å². The van der Waals surface area contributed by atoms with Gasteiger partial charge < -0.3 is 4.74 Å². The van der Waals surface area contributed by atoms with Crippen LogP contribution in [0.25, 0.3) is 0 Å². The Labute approximate surface area is 100 Å². The Bertz CT molecular complexity index is 438. The summed E-state index contributed by atoms with van der Waals surface area (Å²) in [7, 11) is 0. The van der Waals surface area contributed by atoms with Crippen molar-refractivity contribution in [2.45, 2.75) is 27.7 Å². The van der Waals surface area contributed by atoms with Gasteiger partial charge in [0.05, 0.1) is 12.0 Å². The predicted molar refractivity (Wildman–Crippen MR) is 62.3 cm³/mol. The van der Waals surface area contributed by atoms with Crippen LogP contribution >= 0.6 is 0 Å². The molecule has 1 rings (SSSR count). The van der Waals surface area contributed by atoms with Gasteiger partial charge in [-0.25, -0.2) is 4.79 Å². The lowest BCUT2D eigenvalue weighted by Crippen LogP contribution is -2.25. The van der Waals surface area contributed by atoms with Gasteiger partial charge >= 0.3 is 5.97 Å². The Kier molecular flexibility index (Phi) is 3.66. The molecule has 92 valence electrons. The molecule has 0 fully saturated rings. The number of hydrogen-bond donors (Lipinski definition) is 0. The smallest absolute Gasteiger partial charge is 0.330 e. The molecule has 0 bridgehead atoms. The second-order valence-corrected chi connectivity index (χ2v) is 4.41. The Morgan fingerprint density at radius 2 is 1.94 bits per heavy atom. The van der Waals surface area contributed by atoms with Crippen molar-refractivity contribution in [3.8, 4) is 0 Å². The van der Waals surface area contributed by atoms with E-state index in [1.165, 1.54) is 12.2 Å². The second-order valence-electron chi connectivity index (χ2n) is 4.41. The maximum absolute atomic E-state index is 11.7. The zero-order valence-corrected chi connectivity index (χ0v) is 10.5. The Morgan fingerprint density at radius 1 is 1.35 bits per heavy atom. The average Bonchev–Trinajstić information content (AvgIpc) is 2.39. The molecule has 0 aromatic carbocycles. The summed E-state index contributed by atoms with van der Waals surface area (Å²) in [5.41, 5.74) is 0.130. The molecule has 4 heteroatoms. The summed E-state index contributed by atoms with van der Waals surface area (Å²) < 4.78 is 4.74. The first kappa shape index (κ1) is 13.4. The highest BCUT2D eigenvalue weighted by Gasteiger charge is 2.43.